The molecule has 0 saturated carbocycles. The van der Waals surface area contributed by atoms with Crippen molar-refractivity contribution in [3.8, 4) is 0 Å². The fraction of sp³-hybridized carbons (Fsp3) is 0.448. The van der Waals surface area contributed by atoms with Crippen molar-refractivity contribution in [3.63, 3.8) is 0 Å². The number of carboxylic acid groups (broad SMARTS) is 1. The molecule has 5 rings (SSSR count). The maximum atomic E-state index is 13.3. The van der Waals surface area contributed by atoms with Crippen LogP contribution in [0.1, 0.15) is 43.4 Å². The lowest BCUT2D eigenvalue weighted by molar-refractivity contribution is -0.192. The molecule has 220 valence electrons. The number of rotatable bonds is 6. The quantitative estimate of drug-likeness (QED) is 0.444. The summed E-state index contributed by atoms with van der Waals surface area (Å²) in [6.45, 7) is 3.58. The van der Waals surface area contributed by atoms with Gasteiger partial charge in [-0.15, -0.1) is 0 Å². The molecule has 2 fully saturated rings. The van der Waals surface area contributed by atoms with Crippen LogP contribution in [0.2, 0.25) is 5.02 Å². The number of hydrogen-bond donors (Lipinski definition) is 1. The second-order valence-corrected chi connectivity index (χ2v) is 10.7. The van der Waals surface area contributed by atoms with E-state index in [2.05, 4.69) is 4.90 Å². The summed E-state index contributed by atoms with van der Waals surface area (Å²) in [5.74, 6) is -2.54. The molecule has 0 unspecified atom stereocenters. The van der Waals surface area contributed by atoms with Crippen molar-refractivity contribution in [2.75, 3.05) is 26.2 Å². The van der Waals surface area contributed by atoms with E-state index >= 15 is 0 Å². The third-order valence-electron chi connectivity index (χ3n) is 7.40. The van der Waals surface area contributed by atoms with Gasteiger partial charge in [0.15, 0.2) is 0 Å². The number of piperidine rings is 1. The Balaban J connectivity index is 0.000000493. The largest absolute Gasteiger partial charge is 0.490 e. The third-order valence-corrected chi connectivity index (χ3v) is 7.65. The molecule has 0 aliphatic carbocycles. The number of amides is 1. The number of aromatic nitrogens is 2. The number of likely N-dealkylation sites (tertiary alicyclic amines) is 2. The van der Waals surface area contributed by atoms with Crippen LogP contribution in [0.25, 0.3) is 10.8 Å². The molecule has 0 bridgehead atoms. The van der Waals surface area contributed by atoms with Crippen molar-refractivity contribution in [3.05, 3.63) is 75.2 Å². The average molecular weight is 593 g/mol. The predicted molar refractivity (Wildman–Crippen MR) is 149 cm³/mol. The number of halogens is 4. The zero-order valence-corrected chi connectivity index (χ0v) is 23.2. The number of aliphatic carboxylic acids is 1. The molecule has 2 aliphatic rings. The molecule has 0 spiro atoms. The third kappa shape index (κ3) is 8.07. The van der Waals surface area contributed by atoms with Crippen molar-refractivity contribution >= 4 is 34.2 Å². The van der Waals surface area contributed by atoms with Crippen LogP contribution in [0, 0.1) is 0 Å². The SMILES string of the molecule is O=C(CN1CCC[C@@H]1Cn1nc(Cc2ccc(Cl)cc2)c2ccccc2c1=O)N1CCCCC1.O=C(O)C(F)(F)F. The molecule has 1 atom stereocenters. The molecule has 1 aromatic heterocycles. The standard InChI is InChI=1S/C27H31ClN4O2.C2HF3O2/c28-21-12-10-20(11-13-21)17-25-23-8-2-3-9-24(23)27(34)32(29-25)18-22-7-6-16-31(22)19-26(33)30-14-4-1-5-15-30;3-2(4,5)1(6)7/h2-3,8-13,22H,1,4-7,14-19H2;(H,6,7)/t22-;/m1./s1. The van der Waals surface area contributed by atoms with E-state index in [-0.39, 0.29) is 17.5 Å². The number of benzene rings is 2. The van der Waals surface area contributed by atoms with Gasteiger partial charge in [-0.3, -0.25) is 14.5 Å². The molecule has 12 heteroatoms. The van der Waals surface area contributed by atoms with E-state index in [0.29, 0.717) is 29.9 Å². The normalized spacial score (nSPS) is 17.8. The van der Waals surface area contributed by atoms with E-state index in [1.165, 1.54) is 6.42 Å². The summed E-state index contributed by atoms with van der Waals surface area (Å²) < 4.78 is 33.4. The van der Waals surface area contributed by atoms with Gasteiger partial charge in [-0.05, 0) is 62.4 Å². The van der Waals surface area contributed by atoms with Crippen LogP contribution < -0.4 is 5.56 Å². The van der Waals surface area contributed by atoms with E-state index in [4.69, 9.17) is 26.6 Å². The van der Waals surface area contributed by atoms with Gasteiger partial charge in [0.1, 0.15) is 0 Å². The Labute approximate surface area is 240 Å². The van der Waals surface area contributed by atoms with Gasteiger partial charge >= 0.3 is 12.1 Å². The Bertz CT molecular complexity index is 1420. The number of alkyl halides is 3. The number of fused-ring (bicyclic) bond motifs is 1. The maximum absolute atomic E-state index is 13.3. The van der Waals surface area contributed by atoms with Crippen molar-refractivity contribution in [2.24, 2.45) is 0 Å². The van der Waals surface area contributed by atoms with Gasteiger partial charge in [-0.25, -0.2) is 9.48 Å². The Morgan fingerprint density at radius 3 is 2.22 bits per heavy atom. The van der Waals surface area contributed by atoms with E-state index in [1.807, 2.05) is 53.4 Å². The minimum atomic E-state index is -5.08. The second kappa shape index (κ2) is 13.5. The lowest BCUT2D eigenvalue weighted by atomic mass is 10.0. The first-order valence-electron chi connectivity index (χ1n) is 13.6. The number of carbonyl (C=O) groups excluding carboxylic acids is 1. The van der Waals surface area contributed by atoms with Crippen LogP contribution in [-0.4, -0.2) is 75.0 Å². The van der Waals surface area contributed by atoms with Crippen molar-refractivity contribution < 1.29 is 27.9 Å². The highest BCUT2D eigenvalue weighted by Crippen LogP contribution is 2.22. The fourth-order valence-electron chi connectivity index (χ4n) is 5.28. The van der Waals surface area contributed by atoms with Gasteiger partial charge in [0.05, 0.1) is 24.2 Å². The Hall–Kier alpha value is -3.44. The molecular weight excluding hydrogens is 561 g/mol. The highest BCUT2D eigenvalue weighted by Gasteiger charge is 2.38. The first-order valence-corrected chi connectivity index (χ1v) is 14.0. The summed E-state index contributed by atoms with van der Waals surface area (Å²) >= 11 is 6.06. The summed E-state index contributed by atoms with van der Waals surface area (Å²) in [7, 11) is 0. The monoisotopic (exact) mass is 592 g/mol. The first kappa shape index (κ1) is 30.5. The van der Waals surface area contributed by atoms with Crippen molar-refractivity contribution in [1.29, 1.82) is 0 Å². The second-order valence-electron chi connectivity index (χ2n) is 10.3. The fourth-order valence-corrected chi connectivity index (χ4v) is 5.41. The van der Waals surface area contributed by atoms with E-state index < -0.39 is 12.1 Å². The van der Waals surface area contributed by atoms with E-state index in [1.54, 1.807) is 4.68 Å². The summed E-state index contributed by atoms with van der Waals surface area (Å²) in [5.41, 5.74) is 1.91. The average Bonchev–Trinajstić information content (AvgIpc) is 3.39. The van der Waals surface area contributed by atoms with Gasteiger partial charge in [-0.2, -0.15) is 18.3 Å². The molecule has 41 heavy (non-hydrogen) atoms. The van der Waals surface area contributed by atoms with Crippen LogP contribution in [0.15, 0.2) is 53.3 Å². The van der Waals surface area contributed by atoms with Crippen molar-refractivity contribution in [2.45, 2.75) is 57.3 Å². The van der Waals surface area contributed by atoms with Crippen LogP contribution in [0.4, 0.5) is 13.2 Å². The van der Waals surface area contributed by atoms with Gasteiger partial charge in [-0.1, -0.05) is 41.9 Å². The molecule has 2 aliphatic heterocycles. The van der Waals surface area contributed by atoms with Gasteiger partial charge in [0.25, 0.3) is 5.56 Å². The molecule has 3 heterocycles. The number of hydrogen-bond acceptors (Lipinski definition) is 5. The summed E-state index contributed by atoms with van der Waals surface area (Å²) in [4.78, 5) is 39.3. The molecule has 1 N–H and O–H groups in total. The maximum Gasteiger partial charge on any atom is 0.490 e. The lowest BCUT2D eigenvalue weighted by Crippen LogP contribution is -2.45. The highest BCUT2D eigenvalue weighted by molar-refractivity contribution is 6.30. The van der Waals surface area contributed by atoms with Gasteiger partial charge in [0.2, 0.25) is 5.91 Å². The minimum Gasteiger partial charge on any atom is -0.475 e. The van der Waals surface area contributed by atoms with Crippen molar-refractivity contribution in [1.82, 2.24) is 19.6 Å². The summed E-state index contributed by atoms with van der Waals surface area (Å²) in [5, 5.41) is 14.2. The number of carboxylic acids is 1. The molecular formula is C29H32ClF3N4O4. The minimum absolute atomic E-state index is 0.0651. The highest BCUT2D eigenvalue weighted by atomic mass is 35.5. The van der Waals surface area contributed by atoms with Crippen LogP contribution in [0.5, 0.6) is 0 Å². The molecule has 0 radical (unpaired) electrons. The van der Waals surface area contributed by atoms with Crippen LogP contribution in [0.3, 0.4) is 0 Å². The predicted octanol–water partition coefficient (Wildman–Crippen LogP) is 4.75. The van der Waals surface area contributed by atoms with Gasteiger partial charge in [0, 0.05) is 36.0 Å². The van der Waals surface area contributed by atoms with Crippen LogP contribution >= 0.6 is 11.6 Å². The topological polar surface area (TPSA) is 95.7 Å². The van der Waals surface area contributed by atoms with E-state index in [9.17, 15) is 22.8 Å². The molecule has 2 saturated heterocycles. The molecule has 8 nitrogen and oxygen atoms in total. The zero-order valence-electron chi connectivity index (χ0n) is 22.4. The zero-order chi connectivity index (χ0) is 29.6. The smallest absolute Gasteiger partial charge is 0.475 e. The van der Waals surface area contributed by atoms with Gasteiger partial charge < -0.3 is 10.0 Å². The number of nitrogens with zero attached hydrogens (tertiary/aromatic N) is 4. The Kier molecular flexibility index (Phi) is 10.0. The summed E-state index contributed by atoms with van der Waals surface area (Å²) in [6.07, 6.45) is 0.966. The Morgan fingerprint density at radius 2 is 1.59 bits per heavy atom. The van der Waals surface area contributed by atoms with E-state index in [0.717, 1.165) is 62.0 Å². The lowest BCUT2D eigenvalue weighted by Gasteiger charge is -2.30. The molecule has 1 amide bonds. The molecule has 3 aromatic rings. The first-order chi connectivity index (χ1) is 19.5. The van der Waals surface area contributed by atoms with Crippen LogP contribution in [-0.2, 0) is 22.6 Å². The molecule has 2 aromatic carbocycles. The Morgan fingerprint density at radius 1 is 0.951 bits per heavy atom. The number of carbonyl (C=O) groups is 2. The summed E-state index contributed by atoms with van der Waals surface area (Å²) in [6, 6.07) is 15.6.